The molecule has 0 amide bonds. The van der Waals surface area contributed by atoms with Crippen LogP contribution in [0.4, 0.5) is 5.00 Å². The summed E-state index contributed by atoms with van der Waals surface area (Å²) in [5.41, 5.74) is -0.00287. The molecule has 0 N–H and O–H groups in total. The number of carbonyl (C=O) groups is 3. The molecular formula is C17H14N2O3S. The van der Waals surface area contributed by atoms with Crippen LogP contribution >= 0.6 is 11.3 Å². The number of nitrogens with zero attached hydrogens (tertiary/aromatic N) is 2. The Morgan fingerprint density at radius 1 is 1.09 bits per heavy atom. The Morgan fingerprint density at radius 2 is 1.70 bits per heavy atom. The molecule has 0 unspecified atom stereocenters. The van der Waals surface area contributed by atoms with Crippen molar-refractivity contribution in [3.63, 3.8) is 0 Å². The van der Waals surface area contributed by atoms with E-state index < -0.39 is 22.9 Å². The zero-order chi connectivity index (χ0) is 16.8. The van der Waals surface area contributed by atoms with Crippen LogP contribution in [-0.2, 0) is 9.59 Å². The predicted octanol–water partition coefficient (Wildman–Crippen LogP) is 3.92. The number of rotatable bonds is 3. The molecule has 0 aliphatic carbocycles. The molecule has 2 aromatic rings. The van der Waals surface area contributed by atoms with Crippen molar-refractivity contribution >= 4 is 33.7 Å². The summed E-state index contributed by atoms with van der Waals surface area (Å²) in [5.74, 6) is -1.77. The third kappa shape index (κ3) is 2.09. The van der Waals surface area contributed by atoms with E-state index >= 15 is 0 Å². The van der Waals surface area contributed by atoms with Gasteiger partial charge in [0.1, 0.15) is 5.00 Å². The lowest BCUT2D eigenvalue weighted by molar-refractivity contribution is -0.130. The van der Waals surface area contributed by atoms with Crippen LogP contribution in [0, 0.1) is 6.92 Å². The molecule has 0 spiro atoms. The van der Waals surface area contributed by atoms with Gasteiger partial charge in [-0.3, -0.25) is 14.4 Å². The van der Waals surface area contributed by atoms with Gasteiger partial charge in [0.15, 0.2) is 11.6 Å². The fourth-order valence-corrected chi connectivity index (χ4v) is 3.89. The van der Waals surface area contributed by atoms with Gasteiger partial charge in [-0.1, -0.05) is 30.3 Å². The number of benzene rings is 1. The highest BCUT2D eigenvalue weighted by Gasteiger charge is 2.52. The maximum Gasteiger partial charge on any atom is 0.259 e. The lowest BCUT2D eigenvalue weighted by Gasteiger charge is -2.24. The van der Waals surface area contributed by atoms with Crippen LogP contribution in [-0.4, -0.2) is 22.9 Å². The minimum Gasteiger partial charge on any atom is -0.296 e. The SMILES string of the molecule is CC(=O)C1(C(C)=O)N=Nc2sc(-c3ccccc3)c(C)c2C1=O. The number of azo groups is 1. The molecule has 0 atom stereocenters. The average molecular weight is 326 g/mol. The smallest absolute Gasteiger partial charge is 0.259 e. The van der Waals surface area contributed by atoms with Gasteiger partial charge in [-0.15, -0.1) is 16.5 Å². The Bertz CT molecular complexity index is 851. The molecule has 1 aliphatic rings. The summed E-state index contributed by atoms with van der Waals surface area (Å²) in [7, 11) is 0. The molecule has 5 nitrogen and oxygen atoms in total. The van der Waals surface area contributed by atoms with Gasteiger partial charge in [0.25, 0.3) is 5.54 Å². The maximum atomic E-state index is 12.9. The Hall–Kier alpha value is -2.47. The number of hydrogen-bond acceptors (Lipinski definition) is 6. The van der Waals surface area contributed by atoms with Crippen molar-refractivity contribution in [2.24, 2.45) is 10.2 Å². The van der Waals surface area contributed by atoms with Crippen molar-refractivity contribution in [1.82, 2.24) is 0 Å². The largest absolute Gasteiger partial charge is 0.296 e. The van der Waals surface area contributed by atoms with Gasteiger partial charge in [-0.05, 0) is 31.9 Å². The molecule has 0 radical (unpaired) electrons. The second kappa shape index (κ2) is 5.31. The van der Waals surface area contributed by atoms with Crippen molar-refractivity contribution in [3.05, 3.63) is 41.5 Å². The number of fused-ring (bicyclic) bond motifs is 1. The third-order valence-electron chi connectivity index (χ3n) is 4.03. The van der Waals surface area contributed by atoms with Crippen LogP contribution in [0.3, 0.4) is 0 Å². The highest BCUT2D eigenvalue weighted by Crippen LogP contribution is 2.46. The van der Waals surface area contributed by atoms with Crippen LogP contribution in [0.5, 0.6) is 0 Å². The molecule has 2 heterocycles. The molecular weight excluding hydrogens is 312 g/mol. The quantitative estimate of drug-likeness (QED) is 0.802. The molecule has 6 heteroatoms. The first kappa shape index (κ1) is 15.4. The fourth-order valence-electron chi connectivity index (χ4n) is 2.76. The summed E-state index contributed by atoms with van der Waals surface area (Å²) in [6.45, 7) is 4.20. The first-order valence-corrected chi connectivity index (χ1v) is 7.90. The topological polar surface area (TPSA) is 75.9 Å². The second-order valence-corrected chi connectivity index (χ2v) is 6.45. The van der Waals surface area contributed by atoms with E-state index in [0.29, 0.717) is 10.6 Å². The molecule has 116 valence electrons. The van der Waals surface area contributed by atoms with Crippen LogP contribution < -0.4 is 0 Å². The standard InChI is InChI=1S/C17H14N2O3S/c1-9-13-15(22)17(10(2)20,11(3)21)19-18-16(13)23-14(9)12-7-5-4-6-8-12/h4-8H,1-3H3. The van der Waals surface area contributed by atoms with Gasteiger partial charge in [0.2, 0.25) is 5.78 Å². The average Bonchev–Trinajstić information content (AvgIpc) is 2.85. The lowest BCUT2D eigenvalue weighted by atomic mass is 9.81. The number of carbonyl (C=O) groups excluding carboxylic acids is 3. The molecule has 3 rings (SSSR count). The summed E-state index contributed by atoms with van der Waals surface area (Å²) in [4.78, 5) is 37.7. The summed E-state index contributed by atoms with van der Waals surface area (Å²) < 4.78 is 0. The molecule has 1 aliphatic heterocycles. The van der Waals surface area contributed by atoms with Gasteiger partial charge in [-0.25, -0.2) is 0 Å². The third-order valence-corrected chi connectivity index (χ3v) is 5.25. The fraction of sp³-hybridized carbons (Fsp3) is 0.235. The van der Waals surface area contributed by atoms with Crippen molar-refractivity contribution in [3.8, 4) is 10.4 Å². The van der Waals surface area contributed by atoms with Gasteiger partial charge < -0.3 is 0 Å². The van der Waals surface area contributed by atoms with Crippen molar-refractivity contribution in [2.45, 2.75) is 26.3 Å². The molecule has 1 aromatic heterocycles. The van der Waals surface area contributed by atoms with Crippen molar-refractivity contribution < 1.29 is 14.4 Å². The lowest BCUT2D eigenvalue weighted by Crippen LogP contribution is -2.50. The molecule has 0 fully saturated rings. The second-order valence-electron chi connectivity index (χ2n) is 5.45. The summed E-state index contributed by atoms with van der Waals surface area (Å²) in [6, 6.07) is 9.61. The van der Waals surface area contributed by atoms with Gasteiger partial charge in [0.05, 0.1) is 5.56 Å². The van der Waals surface area contributed by atoms with Crippen LogP contribution in [0.25, 0.3) is 10.4 Å². The minimum absolute atomic E-state index is 0.328. The van der Waals surface area contributed by atoms with E-state index in [1.807, 2.05) is 30.3 Å². The van der Waals surface area contributed by atoms with Crippen molar-refractivity contribution in [2.75, 3.05) is 0 Å². The maximum absolute atomic E-state index is 12.9. The number of thiophene rings is 1. The first-order valence-electron chi connectivity index (χ1n) is 7.08. The van der Waals surface area contributed by atoms with E-state index in [0.717, 1.165) is 16.0 Å². The molecule has 23 heavy (non-hydrogen) atoms. The molecule has 0 saturated carbocycles. The monoisotopic (exact) mass is 326 g/mol. The minimum atomic E-state index is -2.02. The van der Waals surface area contributed by atoms with Crippen molar-refractivity contribution in [1.29, 1.82) is 0 Å². The van der Waals surface area contributed by atoms with E-state index in [2.05, 4.69) is 10.2 Å². The Morgan fingerprint density at radius 3 is 2.26 bits per heavy atom. The normalized spacial score (nSPS) is 15.3. The molecule has 0 saturated heterocycles. The summed E-state index contributed by atoms with van der Waals surface area (Å²) >= 11 is 1.34. The van der Waals surface area contributed by atoms with E-state index in [9.17, 15) is 14.4 Å². The molecule has 0 bridgehead atoms. The Labute approximate surface area is 137 Å². The zero-order valence-corrected chi connectivity index (χ0v) is 13.7. The molecule has 1 aromatic carbocycles. The number of Topliss-reactive ketones (excluding diaryl/α,β-unsaturated/α-hetero) is 3. The number of ketones is 3. The Kier molecular flexibility index (Phi) is 3.56. The van der Waals surface area contributed by atoms with Crippen LogP contribution in [0.1, 0.15) is 29.8 Å². The Balaban J connectivity index is 2.22. The van der Waals surface area contributed by atoms with E-state index in [1.54, 1.807) is 6.92 Å². The zero-order valence-electron chi connectivity index (χ0n) is 12.9. The van der Waals surface area contributed by atoms with E-state index in [4.69, 9.17) is 0 Å². The van der Waals surface area contributed by atoms with E-state index in [1.165, 1.54) is 25.2 Å². The summed E-state index contributed by atoms with van der Waals surface area (Å²) in [6.07, 6.45) is 0. The van der Waals surface area contributed by atoms with E-state index in [-0.39, 0.29) is 0 Å². The van der Waals surface area contributed by atoms with Gasteiger partial charge >= 0.3 is 0 Å². The van der Waals surface area contributed by atoms with Crippen LogP contribution in [0.2, 0.25) is 0 Å². The highest BCUT2D eigenvalue weighted by molar-refractivity contribution is 7.19. The predicted molar refractivity (Wildman–Crippen MR) is 87.4 cm³/mol. The highest BCUT2D eigenvalue weighted by atomic mass is 32.1. The first-order chi connectivity index (χ1) is 10.9. The van der Waals surface area contributed by atoms with Gasteiger partial charge in [0, 0.05) is 4.88 Å². The van der Waals surface area contributed by atoms with Gasteiger partial charge in [-0.2, -0.15) is 5.11 Å². The number of hydrogen-bond donors (Lipinski definition) is 0. The summed E-state index contributed by atoms with van der Waals surface area (Å²) in [5, 5.41) is 8.29. The van der Waals surface area contributed by atoms with Crippen LogP contribution in [0.15, 0.2) is 40.6 Å².